The number of rotatable bonds is 4. The maximum atomic E-state index is 12.9. The first-order chi connectivity index (χ1) is 9.96. The van der Waals surface area contributed by atoms with Crippen LogP contribution in [0.2, 0.25) is 0 Å². The highest BCUT2D eigenvalue weighted by molar-refractivity contribution is 5.85. The Bertz CT molecular complexity index is 544. The van der Waals surface area contributed by atoms with E-state index in [1.165, 1.54) is 6.92 Å². The molecular formula is C13H14ClF6NO2. The summed E-state index contributed by atoms with van der Waals surface area (Å²) in [4.78, 5) is 11.3. The van der Waals surface area contributed by atoms with Crippen LogP contribution in [0.5, 0.6) is 0 Å². The van der Waals surface area contributed by atoms with Crippen molar-refractivity contribution in [3.8, 4) is 0 Å². The van der Waals surface area contributed by atoms with Crippen molar-refractivity contribution in [1.82, 2.24) is 0 Å². The Balaban J connectivity index is 0.00000484. The maximum Gasteiger partial charge on any atom is 0.416 e. The number of ether oxygens (including phenoxy) is 1. The summed E-state index contributed by atoms with van der Waals surface area (Å²) in [6.45, 7) is 1.47. The molecule has 10 heteroatoms. The topological polar surface area (TPSA) is 52.3 Å². The van der Waals surface area contributed by atoms with E-state index < -0.39 is 47.5 Å². The third-order valence-corrected chi connectivity index (χ3v) is 2.78. The zero-order valence-corrected chi connectivity index (χ0v) is 12.6. The molecule has 0 aliphatic carbocycles. The van der Waals surface area contributed by atoms with Crippen LogP contribution in [0.3, 0.4) is 0 Å². The summed E-state index contributed by atoms with van der Waals surface area (Å²) < 4.78 is 81.0. The first kappa shape index (κ1) is 21.5. The second kappa shape index (κ2) is 7.87. The van der Waals surface area contributed by atoms with Gasteiger partial charge in [0.2, 0.25) is 0 Å². The number of benzene rings is 1. The van der Waals surface area contributed by atoms with E-state index >= 15 is 0 Å². The van der Waals surface area contributed by atoms with E-state index in [1.54, 1.807) is 0 Å². The second-order valence-corrected chi connectivity index (χ2v) is 4.41. The molecule has 1 rings (SSSR count). The van der Waals surface area contributed by atoms with Crippen molar-refractivity contribution < 1.29 is 35.9 Å². The highest BCUT2D eigenvalue weighted by atomic mass is 35.5. The largest absolute Gasteiger partial charge is 0.466 e. The van der Waals surface area contributed by atoms with E-state index in [4.69, 9.17) is 5.73 Å². The van der Waals surface area contributed by atoms with Gasteiger partial charge in [0.25, 0.3) is 0 Å². The summed E-state index contributed by atoms with van der Waals surface area (Å²) in [6, 6.07) is -0.614. The average molecular weight is 366 g/mol. The van der Waals surface area contributed by atoms with Crippen LogP contribution in [0.15, 0.2) is 18.2 Å². The number of alkyl halides is 6. The molecule has 0 saturated heterocycles. The fourth-order valence-electron chi connectivity index (χ4n) is 1.81. The van der Waals surface area contributed by atoms with Crippen LogP contribution in [0, 0.1) is 0 Å². The Morgan fingerprint density at radius 2 is 1.74 bits per heavy atom. The second-order valence-electron chi connectivity index (χ2n) is 4.41. The lowest BCUT2D eigenvalue weighted by molar-refractivity contribution is -0.145. The molecule has 0 heterocycles. The van der Waals surface area contributed by atoms with Gasteiger partial charge in [-0.25, -0.2) is 0 Å². The van der Waals surface area contributed by atoms with Gasteiger partial charge < -0.3 is 10.5 Å². The molecule has 23 heavy (non-hydrogen) atoms. The number of carbonyl (C=O) groups excluding carboxylic acids is 1. The Morgan fingerprint density at radius 3 is 2.17 bits per heavy atom. The first-order valence-electron chi connectivity index (χ1n) is 6.16. The van der Waals surface area contributed by atoms with Crippen molar-refractivity contribution in [2.45, 2.75) is 31.7 Å². The molecule has 0 aromatic heterocycles. The van der Waals surface area contributed by atoms with Crippen molar-refractivity contribution in [2.24, 2.45) is 5.73 Å². The molecule has 0 fully saturated rings. The molecule has 2 N–H and O–H groups in total. The minimum Gasteiger partial charge on any atom is -0.466 e. The summed E-state index contributed by atoms with van der Waals surface area (Å²) in [7, 11) is 0. The minimum atomic E-state index is -4.88. The van der Waals surface area contributed by atoms with Gasteiger partial charge in [0.05, 0.1) is 24.2 Å². The SMILES string of the molecule is CCOC(=O)C[C@H](N)c1cc(C(F)(F)F)ccc1C(F)(F)F.Cl. The van der Waals surface area contributed by atoms with Gasteiger partial charge in [0.15, 0.2) is 0 Å². The smallest absolute Gasteiger partial charge is 0.416 e. The molecule has 0 amide bonds. The maximum absolute atomic E-state index is 12.9. The molecule has 0 unspecified atom stereocenters. The fourth-order valence-corrected chi connectivity index (χ4v) is 1.81. The Hall–Kier alpha value is -1.48. The van der Waals surface area contributed by atoms with Gasteiger partial charge in [-0.2, -0.15) is 26.3 Å². The molecule has 0 bridgehead atoms. The highest BCUT2D eigenvalue weighted by Gasteiger charge is 2.38. The number of halogens is 7. The minimum absolute atomic E-state index is 0. The molecule has 0 aliphatic rings. The molecule has 1 aromatic carbocycles. The lowest BCUT2D eigenvalue weighted by Crippen LogP contribution is -2.22. The Kier molecular flexibility index (Phi) is 7.36. The van der Waals surface area contributed by atoms with E-state index in [2.05, 4.69) is 4.74 Å². The number of hydrogen-bond donors (Lipinski definition) is 1. The molecule has 132 valence electrons. The van der Waals surface area contributed by atoms with Crippen molar-refractivity contribution in [3.05, 3.63) is 34.9 Å². The molecular weight excluding hydrogens is 352 g/mol. The zero-order chi connectivity index (χ0) is 17.1. The molecule has 1 atom stereocenters. The number of esters is 1. The van der Waals surface area contributed by atoms with E-state index in [9.17, 15) is 31.1 Å². The molecule has 0 radical (unpaired) electrons. The predicted molar refractivity (Wildman–Crippen MR) is 71.9 cm³/mol. The average Bonchev–Trinajstić information content (AvgIpc) is 2.36. The Labute approximate surface area is 134 Å². The van der Waals surface area contributed by atoms with Gasteiger partial charge >= 0.3 is 18.3 Å². The Morgan fingerprint density at radius 1 is 1.17 bits per heavy atom. The van der Waals surface area contributed by atoms with Gasteiger partial charge in [-0.15, -0.1) is 12.4 Å². The summed E-state index contributed by atoms with van der Waals surface area (Å²) in [5.41, 5.74) is 2.09. The van der Waals surface area contributed by atoms with Crippen LogP contribution in [0.4, 0.5) is 26.3 Å². The summed E-state index contributed by atoms with van der Waals surface area (Å²) >= 11 is 0. The summed E-state index contributed by atoms with van der Waals surface area (Å²) in [5.74, 6) is -0.888. The number of nitrogens with two attached hydrogens (primary N) is 1. The number of carbonyl (C=O) groups is 1. The lowest BCUT2D eigenvalue weighted by atomic mass is 9.95. The number of hydrogen-bond acceptors (Lipinski definition) is 3. The van der Waals surface area contributed by atoms with Crippen molar-refractivity contribution in [2.75, 3.05) is 6.61 Å². The summed E-state index contributed by atoms with van der Waals surface area (Å²) in [5, 5.41) is 0. The highest BCUT2D eigenvalue weighted by Crippen LogP contribution is 2.38. The van der Waals surface area contributed by atoms with E-state index in [0.717, 1.165) is 0 Å². The zero-order valence-electron chi connectivity index (χ0n) is 11.8. The van der Waals surface area contributed by atoms with Crippen molar-refractivity contribution in [3.63, 3.8) is 0 Å². The van der Waals surface area contributed by atoms with E-state index in [-0.39, 0.29) is 19.0 Å². The van der Waals surface area contributed by atoms with E-state index in [0.29, 0.717) is 18.2 Å². The van der Waals surface area contributed by atoms with Crippen LogP contribution in [-0.2, 0) is 21.9 Å². The molecule has 0 saturated carbocycles. The molecule has 3 nitrogen and oxygen atoms in total. The van der Waals surface area contributed by atoms with Crippen molar-refractivity contribution >= 4 is 18.4 Å². The monoisotopic (exact) mass is 365 g/mol. The summed E-state index contributed by atoms with van der Waals surface area (Å²) in [6.07, 6.45) is -10.4. The fraction of sp³-hybridized carbons (Fsp3) is 0.462. The van der Waals surface area contributed by atoms with E-state index in [1.807, 2.05) is 0 Å². The van der Waals surface area contributed by atoms with Crippen LogP contribution in [0.1, 0.15) is 36.1 Å². The van der Waals surface area contributed by atoms with Gasteiger partial charge in [0.1, 0.15) is 0 Å². The third kappa shape index (κ3) is 5.91. The van der Waals surface area contributed by atoms with Gasteiger partial charge in [-0.1, -0.05) is 0 Å². The molecule has 1 aromatic rings. The van der Waals surface area contributed by atoms with Crippen LogP contribution in [0.25, 0.3) is 0 Å². The third-order valence-electron chi connectivity index (χ3n) is 2.78. The van der Waals surface area contributed by atoms with Crippen molar-refractivity contribution in [1.29, 1.82) is 0 Å². The van der Waals surface area contributed by atoms with Crippen LogP contribution < -0.4 is 5.73 Å². The lowest BCUT2D eigenvalue weighted by Gasteiger charge is -2.19. The van der Waals surface area contributed by atoms with Crippen LogP contribution >= 0.6 is 12.4 Å². The van der Waals surface area contributed by atoms with Crippen LogP contribution in [-0.4, -0.2) is 12.6 Å². The van der Waals surface area contributed by atoms with Gasteiger partial charge in [-0.3, -0.25) is 4.79 Å². The van der Waals surface area contributed by atoms with Gasteiger partial charge in [0, 0.05) is 6.04 Å². The first-order valence-corrected chi connectivity index (χ1v) is 6.16. The quantitative estimate of drug-likeness (QED) is 0.645. The normalized spacial score (nSPS) is 13.2. The standard InChI is InChI=1S/C13H13F6NO2.ClH/c1-2-22-11(21)6-10(20)8-5-7(12(14,15)16)3-4-9(8)13(17,18)19;/h3-5,10H,2,6,20H2,1H3;1H/t10-;/m0./s1. The molecule has 0 spiro atoms. The predicted octanol–water partition coefficient (Wildman–Crippen LogP) is 4.10. The van der Waals surface area contributed by atoms with Gasteiger partial charge in [-0.05, 0) is 30.7 Å². The molecule has 0 aliphatic heterocycles.